The largest absolute Gasteiger partial charge is 0.391 e. The lowest BCUT2D eigenvalue weighted by Gasteiger charge is -2.22. The quantitative estimate of drug-likeness (QED) is 0.519. The Morgan fingerprint density at radius 2 is 1.88 bits per heavy atom. The topological polar surface area (TPSA) is 21.6 Å². The van der Waals surface area contributed by atoms with E-state index < -0.39 is 11.6 Å². The van der Waals surface area contributed by atoms with Crippen LogP contribution in [0.15, 0.2) is 47.6 Å². The molecule has 4 heteroatoms. The van der Waals surface area contributed by atoms with E-state index in [2.05, 4.69) is 17.3 Å². The van der Waals surface area contributed by atoms with E-state index in [9.17, 15) is 8.78 Å². The number of hydrogen-bond donors (Lipinski definition) is 0. The molecule has 0 radical (unpaired) electrons. The van der Waals surface area contributed by atoms with Crippen molar-refractivity contribution in [2.24, 2.45) is 5.16 Å². The van der Waals surface area contributed by atoms with Gasteiger partial charge < -0.3 is 4.84 Å². The molecule has 2 aromatic carbocycles. The van der Waals surface area contributed by atoms with Gasteiger partial charge in [-0.2, -0.15) is 0 Å². The lowest BCUT2D eigenvalue weighted by atomic mass is 9.84. The zero-order valence-corrected chi connectivity index (χ0v) is 13.6. The summed E-state index contributed by atoms with van der Waals surface area (Å²) in [6.45, 7) is -0.0229. The second-order valence-electron chi connectivity index (χ2n) is 6.25. The van der Waals surface area contributed by atoms with Gasteiger partial charge in [0.1, 0.15) is 18.2 Å². The minimum Gasteiger partial charge on any atom is -0.391 e. The van der Waals surface area contributed by atoms with Crippen molar-refractivity contribution >= 4 is 6.21 Å². The van der Waals surface area contributed by atoms with Gasteiger partial charge in [0, 0.05) is 11.6 Å². The van der Waals surface area contributed by atoms with E-state index in [0.29, 0.717) is 5.92 Å². The van der Waals surface area contributed by atoms with Gasteiger partial charge in [-0.1, -0.05) is 42.6 Å². The second kappa shape index (κ2) is 8.04. The molecule has 3 rings (SSSR count). The van der Waals surface area contributed by atoms with Crippen LogP contribution in [-0.4, -0.2) is 6.21 Å². The SMILES string of the molecule is Fc1ccc(CON=Cc2cccc(C3CCCCC3)c2)c(F)c1. The molecule has 24 heavy (non-hydrogen) atoms. The van der Waals surface area contributed by atoms with Crippen LogP contribution in [0.1, 0.15) is 54.7 Å². The van der Waals surface area contributed by atoms with E-state index in [4.69, 9.17) is 4.84 Å². The molecule has 0 aromatic heterocycles. The summed E-state index contributed by atoms with van der Waals surface area (Å²) in [5.74, 6) is -0.579. The molecule has 0 spiro atoms. The molecule has 0 bridgehead atoms. The van der Waals surface area contributed by atoms with E-state index in [-0.39, 0.29) is 12.2 Å². The normalized spacial score (nSPS) is 15.8. The molecule has 1 aliphatic carbocycles. The van der Waals surface area contributed by atoms with Crippen LogP contribution in [0, 0.1) is 11.6 Å². The zero-order valence-electron chi connectivity index (χ0n) is 13.6. The standard InChI is InChI=1S/C20H21F2NO/c21-19-10-9-18(20(22)12-19)14-24-23-13-15-5-4-8-17(11-15)16-6-2-1-3-7-16/h4-5,8-13,16H,1-3,6-7,14H2. The van der Waals surface area contributed by atoms with E-state index in [1.54, 1.807) is 6.21 Å². The van der Waals surface area contributed by atoms with Crippen LogP contribution in [0.25, 0.3) is 0 Å². The molecule has 126 valence electrons. The lowest BCUT2D eigenvalue weighted by Crippen LogP contribution is -2.04. The number of oxime groups is 1. The molecule has 1 saturated carbocycles. The summed E-state index contributed by atoms with van der Waals surface area (Å²) < 4.78 is 26.3. The van der Waals surface area contributed by atoms with Crippen molar-refractivity contribution in [1.29, 1.82) is 0 Å². The smallest absolute Gasteiger partial charge is 0.145 e. The van der Waals surface area contributed by atoms with Crippen LogP contribution in [0.2, 0.25) is 0 Å². The van der Waals surface area contributed by atoms with E-state index in [0.717, 1.165) is 11.6 Å². The third-order valence-corrected chi connectivity index (χ3v) is 4.50. The van der Waals surface area contributed by atoms with Crippen molar-refractivity contribution in [2.45, 2.75) is 44.6 Å². The molecule has 0 N–H and O–H groups in total. The maximum atomic E-state index is 13.5. The van der Waals surface area contributed by atoms with Gasteiger partial charge in [0.05, 0.1) is 6.21 Å². The Morgan fingerprint density at radius 3 is 2.67 bits per heavy atom. The first-order chi connectivity index (χ1) is 11.7. The molecule has 0 atom stereocenters. The van der Waals surface area contributed by atoms with Crippen molar-refractivity contribution in [1.82, 2.24) is 0 Å². The molecule has 0 unspecified atom stereocenters. The van der Waals surface area contributed by atoms with Crippen molar-refractivity contribution in [3.63, 3.8) is 0 Å². The molecule has 0 saturated heterocycles. The van der Waals surface area contributed by atoms with Crippen LogP contribution in [0.5, 0.6) is 0 Å². The molecule has 0 aliphatic heterocycles. The fourth-order valence-electron chi connectivity index (χ4n) is 3.17. The van der Waals surface area contributed by atoms with Crippen LogP contribution < -0.4 is 0 Å². The predicted molar refractivity (Wildman–Crippen MR) is 91.0 cm³/mol. The zero-order chi connectivity index (χ0) is 16.8. The van der Waals surface area contributed by atoms with Gasteiger partial charge in [-0.25, -0.2) is 8.78 Å². The summed E-state index contributed by atoms with van der Waals surface area (Å²) in [6, 6.07) is 11.7. The Balaban J connectivity index is 1.58. The average molecular weight is 329 g/mol. The van der Waals surface area contributed by atoms with Crippen molar-refractivity contribution in [3.8, 4) is 0 Å². The first kappa shape index (κ1) is 16.6. The Morgan fingerprint density at radius 1 is 1.04 bits per heavy atom. The van der Waals surface area contributed by atoms with E-state index in [1.807, 2.05) is 12.1 Å². The van der Waals surface area contributed by atoms with Crippen LogP contribution in [0.3, 0.4) is 0 Å². The number of nitrogens with zero attached hydrogens (tertiary/aromatic N) is 1. The summed E-state index contributed by atoms with van der Waals surface area (Å²) in [7, 11) is 0. The molecule has 2 aromatic rings. The highest BCUT2D eigenvalue weighted by Crippen LogP contribution is 2.32. The molecule has 1 aliphatic rings. The Kier molecular flexibility index (Phi) is 5.57. The average Bonchev–Trinajstić information content (AvgIpc) is 2.61. The number of benzene rings is 2. The highest BCUT2D eigenvalue weighted by molar-refractivity contribution is 5.79. The van der Waals surface area contributed by atoms with Gasteiger partial charge in [-0.3, -0.25) is 0 Å². The second-order valence-corrected chi connectivity index (χ2v) is 6.25. The number of halogens is 2. The van der Waals surface area contributed by atoms with Gasteiger partial charge in [0.15, 0.2) is 0 Å². The molecule has 0 heterocycles. The molecule has 2 nitrogen and oxygen atoms in total. The molecule has 0 amide bonds. The van der Waals surface area contributed by atoms with E-state index in [1.165, 1.54) is 49.8 Å². The predicted octanol–water partition coefficient (Wildman–Crippen LogP) is 5.56. The molecule has 1 fully saturated rings. The minimum atomic E-state index is -0.621. The number of hydrogen-bond acceptors (Lipinski definition) is 2. The van der Waals surface area contributed by atoms with Gasteiger partial charge in [-0.05, 0) is 48.1 Å². The van der Waals surface area contributed by atoms with Crippen molar-refractivity contribution in [2.75, 3.05) is 0 Å². The van der Waals surface area contributed by atoms with E-state index >= 15 is 0 Å². The summed E-state index contributed by atoms with van der Waals surface area (Å²) >= 11 is 0. The first-order valence-corrected chi connectivity index (χ1v) is 8.41. The Labute approximate surface area is 141 Å². The summed E-state index contributed by atoms with van der Waals surface area (Å²) in [4.78, 5) is 5.14. The summed E-state index contributed by atoms with van der Waals surface area (Å²) in [6.07, 6.45) is 8.08. The third kappa shape index (κ3) is 4.40. The van der Waals surface area contributed by atoms with Crippen molar-refractivity contribution < 1.29 is 13.6 Å². The first-order valence-electron chi connectivity index (χ1n) is 8.41. The molecular formula is C20H21F2NO. The Bertz CT molecular complexity index is 709. The van der Waals surface area contributed by atoms with Gasteiger partial charge in [0.2, 0.25) is 0 Å². The van der Waals surface area contributed by atoms with Crippen LogP contribution >= 0.6 is 0 Å². The van der Waals surface area contributed by atoms with Gasteiger partial charge in [0.25, 0.3) is 0 Å². The van der Waals surface area contributed by atoms with Gasteiger partial charge >= 0.3 is 0 Å². The van der Waals surface area contributed by atoms with Crippen LogP contribution in [-0.2, 0) is 11.4 Å². The minimum absolute atomic E-state index is 0.0229. The lowest BCUT2D eigenvalue weighted by molar-refractivity contribution is 0.129. The van der Waals surface area contributed by atoms with Crippen LogP contribution in [0.4, 0.5) is 8.78 Å². The van der Waals surface area contributed by atoms with Gasteiger partial charge in [-0.15, -0.1) is 0 Å². The molecular weight excluding hydrogens is 308 g/mol. The fraction of sp³-hybridized carbons (Fsp3) is 0.350. The summed E-state index contributed by atoms with van der Waals surface area (Å²) in [5, 5.41) is 3.90. The fourth-order valence-corrected chi connectivity index (χ4v) is 3.17. The maximum Gasteiger partial charge on any atom is 0.145 e. The summed E-state index contributed by atoms with van der Waals surface area (Å²) in [5.41, 5.74) is 2.60. The third-order valence-electron chi connectivity index (χ3n) is 4.50. The maximum absolute atomic E-state index is 13.5. The highest BCUT2D eigenvalue weighted by Gasteiger charge is 2.15. The number of rotatable bonds is 5. The van der Waals surface area contributed by atoms with Crippen molar-refractivity contribution in [3.05, 3.63) is 70.8 Å². The monoisotopic (exact) mass is 329 g/mol. The highest BCUT2D eigenvalue weighted by atomic mass is 19.1. The Hall–Kier alpha value is -2.23.